The Morgan fingerprint density at radius 2 is 1.52 bits per heavy atom. The summed E-state index contributed by atoms with van der Waals surface area (Å²) in [7, 11) is 1.28. The molecular weight excluding hydrogens is 314 g/mol. The molecule has 0 bridgehead atoms. The summed E-state index contributed by atoms with van der Waals surface area (Å²) >= 11 is 0. The first kappa shape index (κ1) is 16.7. The summed E-state index contributed by atoms with van der Waals surface area (Å²) in [4.78, 5) is 12.3. The maximum atomic E-state index is 12.3. The van der Waals surface area contributed by atoms with Crippen LogP contribution in [0.5, 0.6) is 0 Å². The molecule has 1 fully saturated rings. The fourth-order valence-electron chi connectivity index (χ4n) is 3.64. The van der Waals surface area contributed by atoms with E-state index in [-0.39, 0.29) is 0 Å². The van der Waals surface area contributed by atoms with Gasteiger partial charge in [-0.2, -0.15) is 10.5 Å². The lowest BCUT2D eigenvalue weighted by molar-refractivity contribution is -0.143. The van der Waals surface area contributed by atoms with E-state index in [1.54, 1.807) is 0 Å². The second-order valence-corrected chi connectivity index (χ2v) is 5.95. The van der Waals surface area contributed by atoms with Gasteiger partial charge in [-0.25, -0.2) is 0 Å². The van der Waals surface area contributed by atoms with Crippen LogP contribution in [0.15, 0.2) is 60.7 Å². The molecule has 0 amide bonds. The third kappa shape index (κ3) is 2.55. The van der Waals surface area contributed by atoms with Gasteiger partial charge in [0.1, 0.15) is 6.04 Å². The first-order chi connectivity index (χ1) is 12.2. The van der Waals surface area contributed by atoms with Gasteiger partial charge in [0.15, 0.2) is 0 Å². The number of nitrogens with one attached hydrogen (secondary N) is 1. The summed E-state index contributed by atoms with van der Waals surface area (Å²) in [5.74, 6) is -2.11. The number of carbonyl (C=O) groups excluding carboxylic acids is 1. The molecule has 124 valence electrons. The molecule has 25 heavy (non-hydrogen) atoms. The molecule has 3 rings (SSSR count). The van der Waals surface area contributed by atoms with E-state index < -0.39 is 29.4 Å². The number of methoxy groups -OCH3 is 1. The third-order valence-corrected chi connectivity index (χ3v) is 4.77. The van der Waals surface area contributed by atoms with Crippen molar-refractivity contribution in [1.29, 1.82) is 10.5 Å². The maximum Gasteiger partial charge on any atom is 0.324 e. The van der Waals surface area contributed by atoms with E-state index in [0.29, 0.717) is 0 Å². The zero-order chi connectivity index (χ0) is 17.9. The van der Waals surface area contributed by atoms with Crippen LogP contribution < -0.4 is 5.32 Å². The SMILES string of the molecule is COC(=O)[C@@H]1NC(c2ccccc2)(c2ccccc2)[C@@H](C#N)[C@@H]1C#N. The average molecular weight is 331 g/mol. The number of rotatable bonds is 3. The van der Waals surface area contributed by atoms with Crippen LogP contribution in [0.3, 0.4) is 0 Å². The lowest BCUT2D eigenvalue weighted by Crippen LogP contribution is -2.47. The molecule has 5 nitrogen and oxygen atoms in total. The van der Waals surface area contributed by atoms with Crippen LogP contribution in [0.1, 0.15) is 11.1 Å². The van der Waals surface area contributed by atoms with Crippen molar-refractivity contribution in [3.05, 3.63) is 71.8 Å². The molecule has 0 unspecified atom stereocenters. The molecule has 3 atom stereocenters. The van der Waals surface area contributed by atoms with Gasteiger partial charge >= 0.3 is 5.97 Å². The van der Waals surface area contributed by atoms with E-state index >= 15 is 0 Å². The maximum absolute atomic E-state index is 12.3. The molecule has 2 aromatic carbocycles. The van der Waals surface area contributed by atoms with Gasteiger partial charge in [0.05, 0.1) is 36.6 Å². The third-order valence-electron chi connectivity index (χ3n) is 4.77. The van der Waals surface area contributed by atoms with Gasteiger partial charge in [-0.1, -0.05) is 60.7 Å². The Balaban J connectivity index is 2.26. The summed E-state index contributed by atoms with van der Waals surface area (Å²) in [5, 5.41) is 22.8. The number of hydrogen-bond donors (Lipinski definition) is 1. The highest BCUT2D eigenvalue weighted by Crippen LogP contribution is 2.46. The normalized spacial score (nSPS) is 24.0. The predicted octanol–water partition coefficient (Wildman–Crippen LogP) is 2.35. The summed E-state index contributed by atoms with van der Waals surface area (Å²) in [6.45, 7) is 0. The van der Waals surface area contributed by atoms with Gasteiger partial charge in [0.25, 0.3) is 0 Å². The highest BCUT2D eigenvalue weighted by atomic mass is 16.5. The number of benzene rings is 2. The minimum atomic E-state index is -0.962. The van der Waals surface area contributed by atoms with E-state index in [9.17, 15) is 15.3 Å². The van der Waals surface area contributed by atoms with Gasteiger partial charge in [-0.05, 0) is 11.1 Å². The number of ether oxygens (including phenoxy) is 1. The first-order valence-corrected chi connectivity index (χ1v) is 7.95. The van der Waals surface area contributed by atoms with E-state index in [4.69, 9.17) is 4.74 Å². The second kappa shape index (κ2) is 6.76. The Labute approximate surface area is 146 Å². The second-order valence-electron chi connectivity index (χ2n) is 5.95. The van der Waals surface area contributed by atoms with E-state index in [1.165, 1.54) is 7.11 Å². The Morgan fingerprint density at radius 3 is 1.92 bits per heavy atom. The minimum Gasteiger partial charge on any atom is -0.468 e. The summed E-state index contributed by atoms with van der Waals surface area (Å²) < 4.78 is 4.86. The molecule has 0 aliphatic carbocycles. The predicted molar refractivity (Wildman–Crippen MR) is 90.8 cm³/mol. The summed E-state index contributed by atoms with van der Waals surface area (Å²) in [6, 6.07) is 22.4. The van der Waals surface area contributed by atoms with Crippen LogP contribution in [0.4, 0.5) is 0 Å². The van der Waals surface area contributed by atoms with Crippen molar-refractivity contribution in [1.82, 2.24) is 5.32 Å². The molecule has 0 spiro atoms. The first-order valence-electron chi connectivity index (χ1n) is 7.95. The monoisotopic (exact) mass is 331 g/mol. The van der Waals surface area contributed by atoms with Crippen molar-refractivity contribution in [2.24, 2.45) is 11.8 Å². The van der Waals surface area contributed by atoms with Gasteiger partial charge in [0, 0.05) is 0 Å². The van der Waals surface area contributed by atoms with Gasteiger partial charge in [-0.15, -0.1) is 0 Å². The van der Waals surface area contributed by atoms with Crippen LogP contribution in [0.2, 0.25) is 0 Å². The Bertz CT molecular complexity index is 797. The van der Waals surface area contributed by atoms with Gasteiger partial charge in [0.2, 0.25) is 0 Å². The molecule has 0 aromatic heterocycles. The minimum absolute atomic E-state index is 0.541. The smallest absolute Gasteiger partial charge is 0.324 e. The number of nitriles is 2. The molecule has 1 saturated heterocycles. The molecule has 5 heteroatoms. The van der Waals surface area contributed by atoms with E-state index in [0.717, 1.165) is 11.1 Å². The molecule has 1 aliphatic rings. The molecule has 1 aliphatic heterocycles. The van der Waals surface area contributed by atoms with E-state index in [1.807, 2.05) is 60.7 Å². The van der Waals surface area contributed by atoms with Crippen LogP contribution in [0, 0.1) is 34.5 Å². The lowest BCUT2D eigenvalue weighted by atomic mass is 9.72. The van der Waals surface area contributed by atoms with Gasteiger partial charge < -0.3 is 4.74 Å². The molecule has 1 heterocycles. The Kier molecular flexibility index (Phi) is 4.52. The molecule has 2 aromatic rings. The number of hydrogen-bond acceptors (Lipinski definition) is 5. The van der Waals surface area contributed by atoms with Crippen molar-refractivity contribution in [3.63, 3.8) is 0 Å². The quantitative estimate of drug-likeness (QED) is 0.873. The Morgan fingerprint density at radius 1 is 1.00 bits per heavy atom. The zero-order valence-corrected chi connectivity index (χ0v) is 13.7. The van der Waals surface area contributed by atoms with Crippen LogP contribution >= 0.6 is 0 Å². The van der Waals surface area contributed by atoms with Crippen molar-refractivity contribution in [2.45, 2.75) is 11.6 Å². The summed E-state index contributed by atoms with van der Waals surface area (Å²) in [5.41, 5.74) is 0.704. The topological polar surface area (TPSA) is 85.9 Å². The fourth-order valence-corrected chi connectivity index (χ4v) is 3.64. The van der Waals surface area contributed by atoms with Gasteiger partial charge in [-0.3, -0.25) is 10.1 Å². The number of carbonyl (C=O) groups is 1. The van der Waals surface area contributed by atoms with Crippen molar-refractivity contribution < 1.29 is 9.53 Å². The zero-order valence-electron chi connectivity index (χ0n) is 13.7. The van der Waals surface area contributed by atoms with Crippen molar-refractivity contribution in [2.75, 3.05) is 7.11 Å². The largest absolute Gasteiger partial charge is 0.468 e. The van der Waals surface area contributed by atoms with Crippen molar-refractivity contribution >= 4 is 5.97 Å². The van der Waals surface area contributed by atoms with E-state index in [2.05, 4.69) is 17.5 Å². The molecule has 0 saturated carbocycles. The number of esters is 1. The summed E-state index contributed by atoms with van der Waals surface area (Å²) in [6.07, 6.45) is 0. The Hall–Kier alpha value is -3.15. The molecule has 1 N–H and O–H groups in total. The highest BCUT2D eigenvalue weighted by molar-refractivity contribution is 5.78. The lowest BCUT2D eigenvalue weighted by Gasteiger charge is -2.34. The molecular formula is C20H17N3O2. The van der Waals surface area contributed by atoms with Crippen molar-refractivity contribution in [3.8, 4) is 12.1 Å². The standard InChI is InChI=1S/C20H17N3O2/c1-25-19(24)18-16(12-21)17(13-22)20(23-18,14-8-4-2-5-9-14)15-10-6-3-7-11-15/h2-11,16-18,23H,1H3/t16-,17-,18+/m0/s1. The average Bonchev–Trinajstić information content (AvgIpc) is 3.04. The number of nitrogens with zero attached hydrogens (tertiary/aromatic N) is 2. The molecule has 0 radical (unpaired) electrons. The van der Waals surface area contributed by atoms with Crippen LogP contribution in [0.25, 0.3) is 0 Å². The van der Waals surface area contributed by atoms with Crippen LogP contribution in [-0.2, 0) is 15.1 Å². The van der Waals surface area contributed by atoms with Crippen LogP contribution in [-0.4, -0.2) is 19.1 Å². The highest BCUT2D eigenvalue weighted by Gasteiger charge is 2.58. The fraction of sp³-hybridized carbons (Fsp3) is 0.250.